The maximum absolute atomic E-state index is 5.63. The number of fused-ring (bicyclic) bond motifs is 1. The molecule has 1 aliphatic heterocycles. The van der Waals surface area contributed by atoms with Gasteiger partial charge in [0.25, 0.3) is 0 Å². The summed E-state index contributed by atoms with van der Waals surface area (Å²) >= 11 is 0. The van der Waals surface area contributed by atoms with Gasteiger partial charge in [-0.15, -0.1) is 0 Å². The van der Waals surface area contributed by atoms with Crippen LogP contribution >= 0.6 is 0 Å². The summed E-state index contributed by atoms with van der Waals surface area (Å²) < 4.78 is 5.63. The highest BCUT2D eigenvalue weighted by Crippen LogP contribution is 2.23. The van der Waals surface area contributed by atoms with E-state index < -0.39 is 0 Å². The Hall–Kier alpha value is -1.06. The second kappa shape index (κ2) is 4.44. The predicted molar refractivity (Wildman–Crippen MR) is 56.5 cm³/mol. The van der Waals surface area contributed by atoms with Gasteiger partial charge in [-0.1, -0.05) is 18.2 Å². The highest BCUT2D eigenvalue weighted by Gasteiger charge is 2.17. The summed E-state index contributed by atoms with van der Waals surface area (Å²) in [6.07, 6.45) is 1.04. The van der Waals surface area contributed by atoms with E-state index in [-0.39, 0.29) is 0 Å². The molecule has 0 fully saturated rings. The van der Waals surface area contributed by atoms with Gasteiger partial charge in [0.05, 0.1) is 0 Å². The summed E-state index contributed by atoms with van der Waals surface area (Å²) in [6, 6.07) is 8.61. The number of ether oxygens (including phenoxy) is 1. The molecule has 14 heavy (non-hydrogen) atoms. The standard InChI is InChI=1S/C11H16N2O/c12-5-6-13-10-7-9-3-1-2-4-11(9)14-8-10/h1-4,10,13H,5-8,12H2. The zero-order valence-corrected chi connectivity index (χ0v) is 8.20. The molecule has 0 saturated heterocycles. The molecular formula is C11H16N2O. The zero-order chi connectivity index (χ0) is 9.80. The first kappa shape index (κ1) is 9.49. The van der Waals surface area contributed by atoms with Crippen molar-refractivity contribution in [2.45, 2.75) is 12.5 Å². The molecule has 0 aliphatic carbocycles. The minimum atomic E-state index is 0.411. The van der Waals surface area contributed by atoms with Gasteiger partial charge in [-0.2, -0.15) is 0 Å². The Balaban J connectivity index is 1.99. The van der Waals surface area contributed by atoms with Gasteiger partial charge >= 0.3 is 0 Å². The van der Waals surface area contributed by atoms with Crippen molar-refractivity contribution < 1.29 is 4.74 Å². The van der Waals surface area contributed by atoms with Crippen molar-refractivity contribution in [3.8, 4) is 5.75 Å². The summed E-state index contributed by atoms with van der Waals surface area (Å²) in [6.45, 7) is 2.28. The molecule has 0 saturated carbocycles. The first-order valence-corrected chi connectivity index (χ1v) is 5.04. The van der Waals surface area contributed by atoms with Crippen LogP contribution in [-0.2, 0) is 6.42 Å². The Morgan fingerprint density at radius 3 is 3.14 bits per heavy atom. The summed E-state index contributed by atoms with van der Waals surface area (Å²) in [7, 11) is 0. The smallest absolute Gasteiger partial charge is 0.122 e. The fraction of sp³-hybridized carbons (Fsp3) is 0.455. The molecule has 0 bridgehead atoms. The maximum atomic E-state index is 5.63. The molecule has 1 unspecified atom stereocenters. The highest BCUT2D eigenvalue weighted by atomic mass is 16.5. The van der Waals surface area contributed by atoms with Crippen molar-refractivity contribution in [1.29, 1.82) is 0 Å². The minimum absolute atomic E-state index is 0.411. The number of benzene rings is 1. The van der Waals surface area contributed by atoms with E-state index in [0.717, 1.165) is 25.3 Å². The van der Waals surface area contributed by atoms with E-state index in [4.69, 9.17) is 10.5 Å². The molecule has 1 heterocycles. The van der Waals surface area contributed by atoms with E-state index in [1.165, 1.54) is 5.56 Å². The normalized spacial score (nSPS) is 19.9. The lowest BCUT2D eigenvalue weighted by atomic mass is 10.0. The SMILES string of the molecule is NCCNC1COc2ccccc2C1. The van der Waals surface area contributed by atoms with Gasteiger partial charge < -0.3 is 15.8 Å². The van der Waals surface area contributed by atoms with Crippen LogP contribution in [0.4, 0.5) is 0 Å². The fourth-order valence-corrected chi connectivity index (χ4v) is 1.75. The molecule has 76 valence electrons. The van der Waals surface area contributed by atoms with Gasteiger partial charge in [0.1, 0.15) is 12.4 Å². The molecule has 0 spiro atoms. The first-order valence-electron chi connectivity index (χ1n) is 5.04. The van der Waals surface area contributed by atoms with Gasteiger partial charge in [-0.25, -0.2) is 0 Å². The van der Waals surface area contributed by atoms with Crippen LogP contribution in [0.2, 0.25) is 0 Å². The van der Waals surface area contributed by atoms with Gasteiger partial charge in [-0.05, 0) is 18.1 Å². The van der Waals surface area contributed by atoms with E-state index in [2.05, 4.69) is 11.4 Å². The van der Waals surface area contributed by atoms with E-state index in [9.17, 15) is 0 Å². The molecule has 1 atom stereocenters. The molecule has 3 nitrogen and oxygen atoms in total. The average molecular weight is 192 g/mol. The van der Waals surface area contributed by atoms with Crippen LogP contribution in [-0.4, -0.2) is 25.7 Å². The summed E-state index contributed by atoms with van der Waals surface area (Å²) in [5.41, 5.74) is 6.72. The number of para-hydroxylation sites is 1. The topological polar surface area (TPSA) is 47.3 Å². The first-order chi connectivity index (χ1) is 6.90. The Morgan fingerprint density at radius 1 is 1.43 bits per heavy atom. The number of rotatable bonds is 3. The van der Waals surface area contributed by atoms with Crippen LogP contribution in [0.25, 0.3) is 0 Å². The van der Waals surface area contributed by atoms with Crippen molar-refractivity contribution >= 4 is 0 Å². The van der Waals surface area contributed by atoms with Crippen molar-refractivity contribution in [2.24, 2.45) is 5.73 Å². The highest BCUT2D eigenvalue weighted by molar-refractivity contribution is 5.35. The van der Waals surface area contributed by atoms with E-state index in [0.29, 0.717) is 12.6 Å². The third-order valence-corrected chi connectivity index (χ3v) is 2.46. The molecule has 1 aliphatic rings. The Labute approximate surface area is 84.3 Å². The largest absolute Gasteiger partial charge is 0.492 e. The van der Waals surface area contributed by atoms with Crippen molar-refractivity contribution in [2.75, 3.05) is 19.7 Å². The zero-order valence-electron chi connectivity index (χ0n) is 8.20. The molecule has 1 aromatic rings. The van der Waals surface area contributed by atoms with Gasteiger partial charge in [0, 0.05) is 19.1 Å². The number of nitrogens with two attached hydrogens (primary N) is 1. The maximum Gasteiger partial charge on any atom is 0.122 e. The molecule has 1 aromatic carbocycles. The molecule has 3 heteroatoms. The Morgan fingerprint density at radius 2 is 2.29 bits per heavy atom. The second-order valence-corrected chi connectivity index (χ2v) is 3.56. The molecule has 0 aromatic heterocycles. The lowest BCUT2D eigenvalue weighted by Crippen LogP contribution is -2.41. The van der Waals surface area contributed by atoms with Crippen LogP contribution in [0.15, 0.2) is 24.3 Å². The predicted octanol–water partition coefficient (Wildman–Crippen LogP) is 0.538. The van der Waals surface area contributed by atoms with Crippen molar-refractivity contribution in [3.05, 3.63) is 29.8 Å². The van der Waals surface area contributed by atoms with Gasteiger partial charge in [0.2, 0.25) is 0 Å². The third kappa shape index (κ3) is 2.05. The molecule has 3 N–H and O–H groups in total. The number of nitrogens with one attached hydrogen (secondary N) is 1. The third-order valence-electron chi connectivity index (χ3n) is 2.46. The Bertz CT molecular complexity index is 301. The minimum Gasteiger partial charge on any atom is -0.492 e. The van der Waals surface area contributed by atoms with Crippen LogP contribution < -0.4 is 15.8 Å². The molecule has 0 amide bonds. The van der Waals surface area contributed by atoms with Crippen LogP contribution in [0.1, 0.15) is 5.56 Å². The fourth-order valence-electron chi connectivity index (χ4n) is 1.75. The van der Waals surface area contributed by atoms with E-state index in [1.54, 1.807) is 0 Å². The lowest BCUT2D eigenvalue weighted by molar-refractivity contribution is 0.240. The number of hydrogen-bond acceptors (Lipinski definition) is 3. The second-order valence-electron chi connectivity index (χ2n) is 3.56. The van der Waals surface area contributed by atoms with Crippen LogP contribution in [0.3, 0.4) is 0 Å². The van der Waals surface area contributed by atoms with Crippen molar-refractivity contribution in [3.63, 3.8) is 0 Å². The summed E-state index contributed by atoms with van der Waals surface area (Å²) in [5, 5.41) is 3.36. The quantitative estimate of drug-likeness (QED) is 0.734. The van der Waals surface area contributed by atoms with E-state index >= 15 is 0 Å². The Kier molecular flexibility index (Phi) is 3.01. The summed E-state index contributed by atoms with van der Waals surface area (Å²) in [5.74, 6) is 1.03. The molecule has 0 radical (unpaired) electrons. The number of hydrogen-bond donors (Lipinski definition) is 2. The average Bonchev–Trinajstić information content (AvgIpc) is 2.26. The molecular weight excluding hydrogens is 176 g/mol. The van der Waals surface area contributed by atoms with Gasteiger partial charge in [0.15, 0.2) is 0 Å². The van der Waals surface area contributed by atoms with Crippen LogP contribution in [0, 0.1) is 0 Å². The lowest BCUT2D eigenvalue weighted by Gasteiger charge is -2.25. The van der Waals surface area contributed by atoms with E-state index in [1.807, 2.05) is 18.2 Å². The monoisotopic (exact) mass is 192 g/mol. The van der Waals surface area contributed by atoms with Crippen molar-refractivity contribution in [1.82, 2.24) is 5.32 Å². The van der Waals surface area contributed by atoms with Crippen LogP contribution in [0.5, 0.6) is 5.75 Å². The molecule has 2 rings (SSSR count). The summed E-state index contributed by atoms with van der Waals surface area (Å²) in [4.78, 5) is 0. The van der Waals surface area contributed by atoms with Gasteiger partial charge in [-0.3, -0.25) is 0 Å².